The molecule has 2 fully saturated rings. The molecule has 0 bridgehead atoms. The molecule has 29 heavy (non-hydrogen) atoms. The fourth-order valence-electron chi connectivity index (χ4n) is 4.27. The minimum atomic E-state index is 0.141. The number of ether oxygens (including phenoxy) is 2. The highest BCUT2D eigenvalue weighted by atomic mass is 16.5. The summed E-state index contributed by atoms with van der Waals surface area (Å²) >= 11 is 0. The molecular formula is C23H25N3O3. The number of para-hydroxylation sites is 4. The van der Waals surface area contributed by atoms with Crippen LogP contribution in [0.4, 0.5) is 0 Å². The predicted octanol–water partition coefficient (Wildman–Crippen LogP) is 3.60. The van der Waals surface area contributed by atoms with Gasteiger partial charge in [0.25, 0.3) is 0 Å². The van der Waals surface area contributed by atoms with E-state index in [2.05, 4.69) is 15.5 Å². The average Bonchev–Trinajstić information content (AvgIpc) is 3.42. The number of carbonyl (C=O) groups is 1. The van der Waals surface area contributed by atoms with E-state index >= 15 is 0 Å². The average molecular weight is 391 g/mol. The number of likely N-dealkylation sites (tertiary alicyclic amines) is 1. The Kier molecular flexibility index (Phi) is 4.62. The second kappa shape index (κ2) is 7.43. The minimum absolute atomic E-state index is 0.141. The Morgan fingerprint density at radius 2 is 1.83 bits per heavy atom. The normalized spacial score (nSPS) is 19.1. The topological polar surface area (TPSA) is 56.6 Å². The van der Waals surface area contributed by atoms with E-state index in [4.69, 9.17) is 14.5 Å². The lowest BCUT2D eigenvalue weighted by atomic mass is 10.1. The number of carbonyl (C=O) groups excluding carboxylic acids is 1. The maximum absolute atomic E-state index is 12.5. The van der Waals surface area contributed by atoms with Gasteiger partial charge in [-0.1, -0.05) is 24.3 Å². The Balaban J connectivity index is 1.39. The van der Waals surface area contributed by atoms with E-state index in [0.29, 0.717) is 25.6 Å². The monoisotopic (exact) mass is 391 g/mol. The van der Waals surface area contributed by atoms with Gasteiger partial charge in [0.05, 0.1) is 24.7 Å². The van der Waals surface area contributed by atoms with Crippen LogP contribution >= 0.6 is 0 Å². The van der Waals surface area contributed by atoms with Crippen molar-refractivity contribution in [2.24, 2.45) is 0 Å². The van der Waals surface area contributed by atoms with Crippen LogP contribution in [0.1, 0.15) is 31.0 Å². The minimum Gasteiger partial charge on any atom is -0.493 e. The fraction of sp³-hybridized carbons (Fsp3) is 0.391. The van der Waals surface area contributed by atoms with Crippen LogP contribution in [0.2, 0.25) is 0 Å². The lowest BCUT2D eigenvalue weighted by Gasteiger charge is -2.17. The number of fused-ring (bicyclic) bond motifs is 1. The van der Waals surface area contributed by atoms with E-state index in [-0.39, 0.29) is 11.8 Å². The van der Waals surface area contributed by atoms with Gasteiger partial charge in [0.2, 0.25) is 5.91 Å². The molecule has 6 nitrogen and oxygen atoms in total. The summed E-state index contributed by atoms with van der Waals surface area (Å²) in [5.41, 5.74) is 2.06. The van der Waals surface area contributed by atoms with Crippen LogP contribution in [-0.2, 0) is 11.3 Å². The van der Waals surface area contributed by atoms with Gasteiger partial charge in [-0.3, -0.25) is 4.79 Å². The maximum atomic E-state index is 12.5. The zero-order valence-corrected chi connectivity index (χ0v) is 16.6. The van der Waals surface area contributed by atoms with Gasteiger partial charge in [-0.25, -0.2) is 4.98 Å². The van der Waals surface area contributed by atoms with E-state index in [0.717, 1.165) is 47.7 Å². The van der Waals surface area contributed by atoms with Crippen molar-refractivity contribution in [3.05, 3.63) is 54.4 Å². The summed E-state index contributed by atoms with van der Waals surface area (Å²) in [6, 6.07) is 16.3. The second-order valence-electron chi connectivity index (χ2n) is 7.79. The maximum Gasteiger partial charge on any atom is 0.223 e. The number of imidazole rings is 1. The number of benzene rings is 2. The third-order valence-electron chi connectivity index (χ3n) is 5.84. The molecule has 2 heterocycles. The van der Waals surface area contributed by atoms with Gasteiger partial charge in [0.1, 0.15) is 12.4 Å². The molecule has 1 aliphatic heterocycles. The van der Waals surface area contributed by atoms with Crippen LogP contribution in [0.3, 0.4) is 0 Å². The lowest BCUT2D eigenvalue weighted by Crippen LogP contribution is -2.27. The Labute approximate surface area is 170 Å². The Bertz CT molecular complexity index is 1040. The second-order valence-corrected chi connectivity index (χ2v) is 7.79. The molecule has 6 heteroatoms. The number of amides is 1. The molecule has 2 aromatic carbocycles. The van der Waals surface area contributed by atoms with E-state index < -0.39 is 0 Å². The van der Waals surface area contributed by atoms with Gasteiger partial charge in [0, 0.05) is 24.9 Å². The van der Waals surface area contributed by atoms with Crippen molar-refractivity contribution in [3.8, 4) is 11.5 Å². The summed E-state index contributed by atoms with van der Waals surface area (Å²) in [7, 11) is 1.65. The van der Waals surface area contributed by atoms with Crippen LogP contribution in [0.25, 0.3) is 11.0 Å². The smallest absolute Gasteiger partial charge is 0.223 e. The van der Waals surface area contributed by atoms with Gasteiger partial charge in [-0.05, 0) is 37.1 Å². The van der Waals surface area contributed by atoms with Gasteiger partial charge in [-0.2, -0.15) is 0 Å². The van der Waals surface area contributed by atoms with Gasteiger partial charge in [0.15, 0.2) is 11.5 Å². The van der Waals surface area contributed by atoms with Crippen molar-refractivity contribution in [3.63, 3.8) is 0 Å². The number of nitrogens with zero attached hydrogens (tertiary/aromatic N) is 3. The number of rotatable bonds is 7. The first-order valence-electron chi connectivity index (χ1n) is 10.2. The highest BCUT2D eigenvalue weighted by Crippen LogP contribution is 2.37. The molecule has 150 valence electrons. The number of hydrogen-bond acceptors (Lipinski definition) is 4. The predicted molar refractivity (Wildman–Crippen MR) is 110 cm³/mol. The molecule has 5 rings (SSSR count). The third-order valence-corrected chi connectivity index (χ3v) is 5.84. The van der Waals surface area contributed by atoms with E-state index in [1.807, 2.05) is 42.5 Å². The molecule has 1 saturated heterocycles. The zero-order chi connectivity index (χ0) is 19.8. The summed E-state index contributed by atoms with van der Waals surface area (Å²) in [6.45, 7) is 1.95. The van der Waals surface area contributed by atoms with E-state index in [1.165, 1.54) is 0 Å². The van der Waals surface area contributed by atoms with E-state index in [1.54, 1.807) is 7.11 Å². The van der Waals surface area contributed by atoms with Gasteiger partial charge in [-0.15, -0.1) is 0 Å². The van der Waals surface area contributed by atoms with Crippen LogP contribution < -0.4 is 9.47 Å². The first kappa shape index (κ1) is 18.0. The zero-order valence-electron chi connectivity index (χ0n) is 16.6. The molecule has 1 aromatic heterocycles. The Morgan fingerprint density at radius 1 is 1.07 bits per heavy atom. The standard InChI is InChI=1S/C23H25N3O3/c1-28-20-8-4-5-9-21(20)29-13-12-25-19-7-3-2-6-18(19)24-23(25)16-14-22(27)26(15-16)17-10-11-17/h2-9,16-17H,10-15H2,1H3. The summed E-state index contributed by atoms with van der Waals surface area (Å²) in [5, 5.41) is 0. The molecule has 1 saturated carbocycles. The summed E-state index contributed by atoms with van der Waals surface area (Å²) in [5.74, 6) is 2.86. The molecule has 1 amide bonds. The van der Waals surface area contributed by atoms with Crippen LogP contribution in [0, 0.1) is 0 Å². The molecule has 1 unspecified atom stereocenters. The molecular weight excluding hydrogens is 366 g/mol. The summed E-state index contributed by atoms with van der Waals surface area (Å²) < 4.78 is 13.6. The number of hydrogen-bond donors (Lipinski definition) is 0. The quantitative estimate of drug-likeness (QED) is 0.618. The van der Waals surface area contributed by atoms with Crippen molar-refractivity contribution in [1.82, 2.24) is 14.5 Å². The molecule has 0 spiro atoms. The lowest BCUT2D eigenvalue weighted by molar-refractivity contribution is -0.128. The van der Waals surface area contributed by atoms with Gasteiger partial charge >= 0.3 is 0 Å². The highest BCUT2D eigenvalue weighted by Gasteiger charge is 2.41. The number of aromatic nitrogens is 2. The first-order chi connectivity index (χ1) is 14.2. The summed E-state index contributed by atoms with van der Waals surface area (Å²) in [4.78, 5) is 19.4. The SMILES string of the molecule is COc1ccccc1OCCn1c(C2CC(=O)N(C3CC3)C2)nc2ccccc21. The molecule has 0 radical (unpaired) electrons. The summed E-state index contributed by atoms with van der Waals surface area (Å²) in [6.07, 6.45) is 2.83. The van der Waals surface area contributed by atoms with E-state index in [9.17, 15) is 4.79 Å². The molecule has 1 atom stereocenters. The van der Waals surface area contributed by atoms with Crippen molar-refractivity contribution >= 4 is 16.9 Å². The van der Waals surface area contributed by atoms with Crippen molar-refractivity contribution in [2.75, 3.05) is 20.3 Å². The number of methoxy groups -OCH3 is 1. The van der Waals surface area contributed by atoms with Crippen molar-refractivity contribution < 1.29 is 14.3 Å². The Hall–Kier alpha value is -3.02. The molecule has 0 N–H and O–H groups in total. The molecule has 1 aliphatic carbocycles. The third kappa shape index (κ3) is 3.43. The van der Waals surface area contributed by atoms with Crippen molar-refractivity contribution in [2.45, 2.75) is 37.8 Å². The highest BCUT2D eigenvalue weighted by molar-refractivity contribution is 5.81. The van der Waals surface area contributed by atoms with Crippen LogP contribution in [0.5, 0.6) is 11.5 Å². The van der Waals surface area contributed by atoms with Gasteiger partial charge < -0.3 is 18.9 Å². The van der Waals surface area contributed by atoms with Crippen molar-refractivity contribution in [1.29, 1.82) is 0 Å². The largest absolute Gasteiger partial charge is 0.493 e. The Morgan fingerprint density at radius 3 is 2.62 bits per heavy atom. The fourth-order valence-corrected chi connectivity index (χ4v) is 4.27. The first-order valence-corrected chi connectivity index (χ1v) is 10.2. The molecule has 2 aliphatic rings. The molecule has 3 aromatic rings. The van der Waals surface area contributed by atoms with Crippen LogP contribution in [-0.4, -0.2) is 46.7 Å². The van der Waals surface area contributed by atoms with Crippen LogP contribution in [0.15, 0.2) is 48.5 Å².